The van der Waals surface area contributed by atoms with Gasteiger partial charge >= 0.3 is 6.01 Å². The maximum absolute atomic E-state index is 11.0. The highest BCUT2D eigenvalue weighted by molar-refractivity contribution is 6.28. The van der Waals surface area contributed by atoms with Gasteiger partial charge in [0.25, 0.3) is 0 Å². The van der Waals surface area contributed by atoms with Crippen molar-refractivity contribution < 1.29 is 9.53 Å². The number of piperidine rings is 1. The standard InChI is InChI=1S/C10H13ClN4O2/c1-17-10-13-8(11)12-9(14-10)15-5-3-2-4-7(15)6-16/h6-7H,2-5H2,1H3. The fraction of sp³-hybridized carbons (Fsp3) is 0.600. The molecule has 0 aliphatic carbocycles. The Morgan fingerprint density at radius 2 is 2.24 bits per heavy atom. The summed E-state index contributed by atoms with van der Waals surface area (Å²) >= 11 is 5.78. The first-order valence-corrected chi connectivity index (χ1v) is 5.80. The molecule has 1 atom stereocenters. The van der Waals surface area contributed by atoms with Gasteiger partial charge in [-0.1, -0.05) is 0 Å². The summed E-state index contributed by atoms with van der Waals surface area (Å²) in [7, 11) is 1.46. The van der Waals surface area contributed by atoms with Crippen LogP contribution in [0.3, 0.4) is 0 Å². The number of aldehydes is 1. The van der Waals surface area contributed by atoms with Crippen LogP contribution in [0.1, 0.15) is 19.3 Å². The number of hydrogen-bond acceptors (Lipinski definition) is 6. The number of anilines is 1. The molecule has 1 fully saturated rings. The maximum Gasteiger partial charge on any atom is 0.322 e. The van der Waals surface area contributed by atoms with E-state index in [1.165, 1.54) is 7.11 Å². The molecule has 1 saturated heterocycles. The molecule has 0 spiro atoms. The Labute approximate surface area is 104 Å². The third-order valence-corrected chi connectivity index (χ3v) is 2.89. The smallest absolute Gasteiger partial charge is 0.322 e. The third-order valence-electron chi connectivity index (χ3n) is 2.72. The van der Waals surface area contributed by atoms with Crippen LogP contribution in [-0.4, -0.2) is 40.9 Å². The highest BCUT2D eigenvalue weighted by Gasteiger charge is 2.25. The summed E-state index contributed by atoms with van der Waals surface area (Å²) in [5.41, 5.74) is 0. The summed E-state index contributed by atoms with van der Waals surface area (Å²) in [5.74, 6) is 0.402. The Balaban J connectivity index is 2.30. The Morgan fingerprint density at radius 3 is 2.94 bits per heavy atom. The van der Waals surface area contributed by atoms with Gasteiger partial charge in [-0.15, -0.1) is 0 Å². The van der Waals surface area contributed by atoms with Crippen molar-refractivity contribution >= 4 is 23.8 Å². The lowest BCUT2D eigenvalue weighted by Gasteiger charge is -2.32. The van der Waals surface area contributed by atoms with E-state index in [0.29, 0.717) is 5.95 Å². The zero-order valence-electron chi connectivity index (χ0n) is 9.47. The van der Waals surface area contributed by atoms with Gasteiger partial charge in [0.2, 0.25) is 11.2 Å². The quantitative estimate of drug-likeness (QED) is 0.754. The molecule has 1 aliphatic rings. The van der Waals surface area contributed by atoms with Crippen molar-refractivity contribution in [2.24, 2.45) is 0 Å². The van der Waals surface area contributed by atoms with Crippen LogP contribution in [0.25, 0.3) is 0 Å². The maximum atomic E-state index is 11.0. The van der Waals surface area contributed by atoms with E-state index in [4.69, 9.17) is 16.3 Å². The van der Waals surface area contributed by atoms with Gasteiger partial charge < -0.3 is 14.4 Å². The highest BCUT2D eigenvalue weighted by Crippen LogP contribution is 2.22. The number of ether oxygens (including phenoxy) is 1. The van der Waals surface area contributed by atoms with E-state index in [1.807, 2.05) is 4.90 Å². The number of aromatic nitrogens is 3. The molecule has 17 heavy (non-hydrogen) atoms. The summed E-state index contributed by atoms with van der Waals surface area (Å²) in [5, 5.41) is 0.0714. The average molecular weight is 257 g/mol. The van der Waals surface area contributed by atoms with Gasteiger partial charge in [0.05, 0.1) is 13.2 Å². The van der Waals surface area contributed by atoms with E-state index in [-0.39, 0.29) is 17.3 Å². The average Bonchev–Trinajstić information content (AvgIpc) is 2.37. The Morgan fingerprint density at radius 1 is 1.41 bits per heavy atom. The van der Waals surface area contributed by atoms with Gasteiger partial charge in [0.1, 0.15) is 6.29 Å². The van der Waals surface area contributed by atoms with Gasteiger partial charge in [-0.2, -0.15) is 15.0 Å². The molecule has 1 aromatic rings. The summed E-state index contributed by atoms with van der Waals surface area (Å²) in [6.45, 7) is 0.743. The number of carbonyl (C=O) groups excluding carboxylic acids is 1. The van der Waals surface area contributed by atoms with E-state index in [0.717, 1.165) is 32.1 Å². The minimum Gasteiger partial charge on any atom is -0.467 e. The van der Waals surface area contributed by atoms with Crippen LogP contribution in [0, 0.1) is 0 Å². The minimum atomic E-state index is -0.188. The van der Waals surface area contributed by atoms with Crippen molar-refractivity contribution in [3.05, 3.63) is 5.28 Å². The first-order valence-electron chi connectivity index (χ1n) is 5.42. The van der Waals surface area contributed by atoms with E-state index in [9.17, 15) is 4.79 Å². The van der Waals surface area contributed by atoms with Gasteiger partial charge in [0.15, 0.2) is 0 Å². The van der Waals surface area contributed by atoms with Crippen molar-refractivity contribution in [1.82, 2.24) is 15.0 Å². The van der Waals surface area contributed by atoms with E-state index >= 15 is 0 Å². The number of nitrogens with zero attached hydrogens (tertiary/aromatic N) is 4. The lowest BCUT2D eigenvalue weighted by Crippen LogP contribution is -2.41. The van der Waals surface area contributed by atoms with Crippen molar-refractivity contribution in [3.63, 3.8) is 0 Å². The van der Waals surface area contributed by atoms with Crippen molar-refractivity contribution in [2.45, 2.75) is 25.3 Å². The third kappa shape index (κ3) is 2.63. The number of halogens is 1. The summed E-state index contributed by atoms with van der Waals surface area (Å²) in [4.78, 5) is 24.8. The van der Waals surface area contributed by atoms with Crippen LogP contribution in [-0.2, 0) is 4.79 Å². The first kappa shape index (κ1) is 12.0. The molecule has 1 aliphatic heterocycles. The fourth-order valence-corrected chi connectivity index (χ4v) is 2.04. The largest absolute Gasteiger partial charge is 0.467 e. The van der Waals surface area contributed by atoms with Crippen LogP contribution in [0.4, 0.5) is 5.95 Å². The van der Waals surface area contributed by atoms with Crippen LogP contribution >= 0.6 is 11.6 Å². The second kappa shape index (κ2) is 5.27. The molecule has 1 aromatic heterocycles. The van der Waals surface area contributed by atoms with Gasteiger partial charge in [-0.25, -0.2) is 0 Å². The summed E-state index contributed by atoms with van der Waals surface area (Å²) < 4.78 is 4.93. The van der Waals surface area contributed by atoms with Crippen LogP contribution in [0.15, 0.2) is 0 Å². The van der Waals surface area contributed by atoms with Gasteiger partial charge in [0, 0.05) is 6.54 Å². The molecule has 0 amide bonds. The van der Waals surface area contributed by atoms with Crippen molar-refractivity contribution in [3.8, 4) is 6.01 Å². The highest BCUT2D eigenvalue weighted by atomic mass is 35.5. The molecule has 0 N–H and O–H groups in total. The zero-order chi connectivity index (χ0) is 12.3. The predicted molar refractivity (Wildman–Crippen MR) is 62.4 cm³/mol. The summed E-state index contributed by atoms with van der Waals surface area (Å²) in [6, 6.07) is -0.0258. The number of methoxy groups -OCH3 is 1. The fourth-order valence-electron chi connectivity index (χ4n) is 1.89. The topological polar surface area (TPSA) is 68.2 Å². The van der Waals surface area contributed by atoms with Crippen molar-refractivity contribution in [1.29, 1.82) is 0 Å². The number of rotatable bonds is 3. The SMILES string of the molecule is COc1nc(Cl)nc(N2CCCCC2C=O)n1. The molecule has 92 valence electrons. The van der Waals surface area contributed by atoms with Crippen molar-refractivity contribution in [2.75, 3.05) is 18.6 Å². The molecule has 2 rings (SSSR count). The molecule has 2 heterocycles. The number of carbonyl (C=O) groups is 1. The molecule has 0 radical (unpaired) electrons. The summed E-state index contributed by atoms with van der Waals surface area (Å²) in [6.07, 6.45) is 3.78. The first-order chi connectivity index (χ1) is 8.24. The molecule has 1 unspecified atom stereocenters. The Bertz CT molecular complexity index is 415. The second-order valence-electron chi connectivity index (χ2n) is 3.78. The monoisotopic (exact) mass is 256 g/mol. The molecule has 7 heteroatoms. The van der Waals surface area contributed by atoms with Crippen LogP contribution in [0.2, 0.25) is 5.28 Å². The van der Waals surface area contributed by atoms with E-state index < -0.39 is 0 Å². The van der Waals surface area contributed by atoms with E-state index in [2.05, 4.69) is 15.0 Å². The van der Waals surface area contributed by atoms with Gasteiger partial charge in [-0.05, 0) is 30.9 Å². The zero-order valence-corrected chi connectivity index (χ0v) is 10.2. The Hall–Kier alpha value is -1.43. The second-order valence-corrected chi connectivity index (χ2v) is 4.12. The normalized spacial score (nSPS) is 20.1. The van der Waals surface area contributed by atoms with Crippen LogP contribution in [0.5, 0.6) is 6.01 Å². The molecule has 0 aromatic carbocycles. The molecule has 0 bridgehead atoms. The predicted octanol–water partition coefficient (Wildman–Crippen LogP) is 1.09. The minimum absolute atomic E-state index is 0.0714. The molecular formula is C10H13ClN4O2. The molecule has 6 nitrogen and oxygen atoms in total. The molecule has 0 saturated carbocycles. The Kier molecular flexibility index (Phi) is 3.73. The lowest BCUT2D eigenvalue weighted by molar-refractivity contribution is -0.109. The van der Waals surface area contributed by atoms with Gasteiger partial charge in [-0.3, -0.25) is 0 Å². The molecular weight excluding hydrogens is 244 g/mol. The number of hydrogen-bond donors (Lipinski definition) is 0. The van der Waals surface area contributed by atoms with Crippen LogP contribution < -0.4 is 9.64 Å². The van der Waals surface area contributed by atoms with E-state index in [1.54, 1.807) is 0 Å². The lowest BCUT2D eigenvalue weighted by atomic mass is 10.0.